The number of alkyl halides is 3. The standard InChI is InChI=1S/C5H3F3N4/c6-5(7,8)3-1-4-10-9-2-12(4)11-3/h1H,2H2. The normalized spacial score (nSPS) is 15.2. The molecule has 0 radical (unpaired) electrons. The van der Waals surface area contributed by atoms with E-state index in [-0.39, 0.29) is 12.5 Å². The van der Waals surface area contributed by atoms with Crippen molar-refractivity contribution in [2.24, 2.45) is 10.2 Å². The van der Waals surface area contributed by atoms with Gasteiger partial charge in [0.25, 0.3) is 0 Å². The summed E-state index contributed by atoms with van der Waals surface area (Å²) in [6.45, 7) is 0.0748. The van der Waals surface area contributed by atoms with E-state index in [2.05, 4.69) is 15.3 Å². The summed E-state index contributed by atoms with van der Waals surface area (Å²) in [7, 11) is 0. The quantitative estimate of drug-likeness (QED) is 0.595. The zero-order valence-electron chi connectivity index (χ0n) is 5.71. The molecule has 1 aliphatic heterocycles. The lowest BCUT2D eigenvalue weighted by atomic mass is 10.4. The fourth-order valence-electron chi connectivity index (χ4n) is 0.894. The number of nitrogens with zero attached hydrogens (tertiary/aromatic N) is 4. The molecule has 0 amide bonds. The summed E-state index contributed by atoms with van der Waals surface area (Å²) in [6, 6.07) is 0.872. The van der Waals surface area contributed by atoms with E-state index in [0.717, 1.165) is 10.7 Å². The molecule has 0 saturated carbocycles. The second kappa shape index (κ2) is 2.05. The number of halogens is 3. The van der Waals surface area contributed by atoms with Gasteiger partial charge in [-0.2, -0.15) is 23.4 Å². The van der Waals surface area contributed by atoms with E-state index >= 15 is 0 Å². The molecule has 12 heavy (non-hydrogen) atoms. The van der Waals surface area contributed by atoms with E-state index < -0.39 is 11.9 Å². The van der Waals surface area contributed by atoms with Crippen LogP contribution >= 0.6 is 0 Å². The van der Waals surface area contributed by atoms with E-state index in [4.69, 9.17) is 0 Å². The summed E-state index contributed by atoms with van der Waals surface area (Å²) >= 11 is 0. The van der Waals surface area contributed by atoms with Crippen molar-refractivity contribution in [3.63, 3.8) is 0 Å². The molecule has 0 bridgehead atoms. The van der Waals surface area contributed by atoms with Gasteiger partial charge in [0, 0.05) is 6.07 Å². The summed E-state index contributed by atoms with van der Waals surface area (Å²) in [4.78, 5) is 0. The molecule has 0 aromatic carbocycles. The Labute approximate surface area is 64.7 Å². The average Bonchev–Trinajstić information content (AvgIpc) is 2.37. The second-order valence-electron chi connectivity index (χ2n) is 2.27. The van der Waals surface area contributed by atoms with Gasteiger partial charge in [-0.25, -0.2) is 4.68 Å². The summed E-state index contributed by atoms with van der Waals surface area (Å²) in [5.41, 5.74) is -0.920. The minimum Gasteiger partial charge on any atom is -0.222 e. The highest BCUT2D eigenvalue weighted by Crippen LogP contribution is 2.32. The van der Waals surface area contributed by atoms with Crippen LogP contribution < -0.4 is 0 Å². The second-order valence-corrected chi connectivity index (χ2v) is 2.27. The Morgan fingerprint density at radius 2 is 2.17 bits per heavy atom. The van der Waals surface area contributed by atoms with Gasteiger partial charge >= 0.3 is 6.18 Å². The van der Waals surface area contributed by atoms with Crippen LogP contribution in [0.25, 0.3) is 0 Å². The van der Waals surface area contributed by atoms with Gasteiger partial charge in [0.15, 0.2) is 18.2 Å². The molecular weight excluding hydrogens is 173 g/mol. The number of aromatic nitrogens is 2. The molecule has 2 heterocycles. The van der Waals surface area contributed by atoms with E-state index in [9.17, 15) is 13.2 Å². The fraction of sp³-hybridized carbons (Fsp3) is 0.400. The molecule has 1 aromatic heterocycles. The van der Waals surface area contributed by atoms with Crippen molar-refractivity contribution >= 4 is 5.82 Å². The van der Waals surface area contributed by atoms with Gasteiger partial charge in [-0.05, 0) is 0 Å². The van der Waals surface area contributed by atoms with Gasteiger partial charge in [-0.1, -0.05) is 0 Å². The Balaban J connectivity index is 2.43. The minimum atomic E-state index is -4.40. The zero-order valence-corrected chi connectivity index (χ0v) is 5.71. The lowest BCUT2D eigenvalue weighted by Gasteiger charge is -1.99. The molecule has 1 aliphatic rings. The molecule has 0 aliphatic carbocycles. The van der Waals surface area contributed by atoms with Crippen LogP contribution in [0.1, 0.15) is 5.69 Å². The topological polar surface area (TPSA) is 42.5 Å². The summed E-state index contributed by atoms with van der Waals surface area (Å²) < 4.78 is 37.1. The summed E-state index contributed by atoms with van der Waals surface area (Å²) in [5, 5.41) is 10.2. The van der Waals surface area contributed by atoms with Crippen LogP contribution in [0.2, 0.25) is 0 Å². The van der Waals surface area contributed by atoms with E-state index in [1.165, 1.54) is 0 Å². The number of azo groups is 1. The molecule has 2 rings (SSSR count). The molecule has 1 aromatic rings. The van der Waals surface area contributed by atoms with Gasteiger partial charge in [0.1, 0.15) is 0 Å². The van der Waals surface area contributed by atoms with Crippen LogP contribution in [-0.2, 0) is 12.8 Å². The lowest BCUT2D eigenvalue weighted by molar-refractivity contribution is -0.141. The van der Waals surface area contributed by atoms with Gasteiger partial charge in [-0.15, -0.1) is 5.11 Å². The Kier molecular flexibility index (Phi) is 1.24. The first-order chi connectivity index (χ1) is 5.57. The van der Waals surface area contributed by atoms with Crippen molar-refractivity contribution < 1.29 is 13.2 Å². The summed E-state index contributed by atoms with van der Waals surface area (Å²) in [5.74, 6) is 0.155. The molecule has 0 fully saturated rings. The van der Waals surface area contributed by atoms with Crippen molar-refractivity contribution in [2.75, 3.05) is 0 Å². The first-order valence-electron chi connectivity index (χ1n) is 3.10. The van der Waals surface area contributed by atoms with Gasteiger partial charge < -0.3 is 0 Å². The van der Waals surface area contributed by atoms with Gasteiger partial charge in [-0.3, -0.25) is 0 Å². The van der Waals surface area contributed by atoms with Crippen LogP contribution in [0.3, 0.4) is 0 Å². The minimum absolute atomic E-state index is 0.0748. The molecule has 0 atom stereocenters. The predicted octanol–water partition coefficient (Wildman–Crippen LogP) is 1.96. The number of hydrogen-bond donors (Lipinski definition) is 0. The molecule has 0 saturated heterocycles. The number of fused-ring (bicyclic) bond motifs is 1. The zero-order chi connectivity index (χ0) is 8.77. The number of hydrogen-bond acceptors (Lipinski definition) is 3. The highest BCUT2D eigenvalue weighted by atomic mass is 19.4. The third-order valence-corrected chi connectivity index (χ3v) is 1.42. The first kappa shape index (κ1) is 7.26. The third-order valence-electron chi connectivity index (χ3n) is 1.42. The smallest absolute Gasteiger partial charge is 0.222 e. The van der Waals surface area contributed by atoms with Crippen LogP contribution in [0.5, 0.6) is 0 Å². The van der Waals surface area contributed by atoms with Crippen molar-refractivity contribution in [2.45, 2.75) is 12.8 Å². The van der Waals surface area contributed by atoms with Gasteiger partial charge in [0.2, 0.25) is 0 Å². The predicted molar refractivity (Wildman–Crippen MR) is 31.7 cm³/mol. The highest BCUT2D eigenvalue weighted by molar-refractivity contribution is 5.31. The van der Waals surface area contributed by atoms with Crippen molar-refractivity contribution in [1.82, 2.24) is 9.78 Å². The number of rotatable bonds is 0. The Hall–Kier alpha value is -1.40. The van der Waals surface area contributed by atoms with Crippen LogP contribution in [-0.4, -0.2) is 9.78 Å². The van der Waals surface area contributed by atoms with E-state index in [1.807, 2.05) is 0 Å². The molecular formula is C5H3F3N4. The van der Waals surface area contributed by atoms with Crippen LogP contribution in [0.15, 0.2) is 16.3 Å². The molecule has 0 N–H and O–H groups in total. The first-order valence-corrected chi connectivity index (χ1v) is 3.10. The average molecular weight is 176 g/mol. The third kappa shape index (κ3) is 0.973. The monoisotopic (exact) mass is 176 g/mol. The van der Waals surface area contributed by atoms with Crippen molar-refractivity contribution in [3.05, 3.63) is 11.8 Å². The largest absolute Gasteiger partial charge is 0.435 e. The SMILES string of the molecule is FC(F)(F)c1cc2n(n1)CN=N2. The van der Waals surface area contributed by atoms with Gasteiger partial charge in [0.05, 0.1) is 0 Å². The maximum atomic E-state index is 12.0. The summed E-state index contributed by atoms with van der Waals surface area (Å²) in [6.07, 6.45) is -4.40. The molecule has 7 heteroatoms. The molecule has 0 spiro atoms. The van der Waals surface area contributed by atoms with Crippen LogP contribution in [0, 0.1) is 0 Å². The Morgan fingerprint density at radius 1 is 1.42 bits per heavy atom. The molecule has 4 nitrogen and oxygen atoms in total. The fourth-order valence-corrected chi connectivity index (χ4v) is 0.894. The van der Waals surface area contributed by atoms with Crippen LogP contribution in [0.4, 0.5) is 19.0 Å². The maximum absolute atomic E-state index is 12.0. The van der Waals surface area contributed by atoms with E-state index in [1.54, 1.807) is 0 Å². The van der Waals surface area contributed by atoms with Crippen molar-refractivity contribution in [3.8, 4) is 0 Å². The van der Waals surface area contributed by atoms with Crippen molar-refractivity contribution in [1.29, 1.82) is 0 Å². The maximum Gasteiger partial charge on any atom is 0.435 e. The molecule has 0 unspecified atom stereocenters. The lowest BCUT2D eigenvalue weighted by Crippen LogP contribution is -2.07. The van der Waals surface area contributed by atoms with E-state index in [0.29, 0.717) is 0 Å². The molecule has 64 valence electrons. The highest BCUT2D eigenvalue weighted by Gasteiger charge is 2.35. The Morgan fingerprint density at radius 3 is 2.75 bits per heavy atom. The Bertz CT molecular complexity index is 337.